The number of anilines is 1. The summed E-state index contributed by atoms with van der Waals surface area (Å²) in [6.07, 6.45) is 4.46. The first-order valence-corrected chi connectivity index (χ1v) is 6.77. The molecule has 3 aromatic rings. The van der Waals surface area contributed by atoms with Crippen LogP contribution >= 0.6 is 0 Å². The van der Waals surface area contributed by atoms with Crippen LogP contribution in [0.5, 0.6) is 0 Å². The standard InChI is InChI=1S/C9H11N.C8H7N/c1-2-6-9-8(4-1)5-3-7-10-9;1-2-4-8-7(3-1)5-6-9-8/h1-2,4,6,10H,3,5,7H2;1-6,9H. The van der Waals surface area contributed by atoms with Crippen LogP contribution in [0, 0.1) is 0 Å². The lowest BCUT2D eigenvalue weighted by molar-refractivity contribution is 0.830. The average molecular weight is 250 g/mol. The third kappa shape index (κ3) is 2.79. The van der Waals surface area contributed by atoms with E-state index in [1.807, 2.05) is 18.3 Å². The van der Waals surface area contributed by atoms with E-state index < -0.39 is 0 Å². The Labute approximate surface area is 113 Å². The zero-order valence-corrected chi connectivity index (χ0v) is 10.9. The van der Waals surface area contributed by atoms with Gasteiger partial charge < -0.3 is 10.3 Å². The van der Waals surface area contributed by atoms with Crippen molar-refractivity contribution in [2.45, 2.75) is 12.8 Å². The van der Waals surface area contributed by atoms with Crippen molar-refractivity contribution in [2.75, 3.05) is 11.9 Å². The van der Waals surface area contributed by atoms with E-state index in [2.05, 4.69) is 52.8 Å². The largest absolute Gasteiger partial charge is 0.385 e. The second-order valence-electron chi connectivity index (χ2n) is 4.75. The number of aryl methyl sites for hydroxylation is 1. The SMILES string of the molecule is c1ccc2[nH]ccc2c1.c1ccc2c(c1)CCCN2. The highest BCUT2D eigenvalue weighted by atomic mass is 14.9. The molecular weight excluding hydrogens is 232 g/mol. The van der Waals surface area contributed by atoms with Crippen molar-refractivity contribution in [3.8, 4) is 0 Å². The molecule has 1 aliphatic heterocycles. The molecule has 2 heteroatoms. The molecule has 2 aromatic carbocycles. The van der Waals surface area contributed by atoms with Gasteiger partial charge in [-0.15, -0.1) is 0 Å². The molecule has 0 amide bonds. The number of rotatable bonds is 0. The smallest absolute Gasteiger partial charge is 0.0453 e. The van der Waals surface area contributed by atoms with Crippen LogP contribution in [0.25, 0.3) is 10.9 Å². The predicted octanol–water partition coefficient (Wildman–Crippen LogP) is 4.21. The van der Waals surface area contributed by atoms with Gasteiger partial charge >= 0.3 is 0 Å². The van der Waals surface area contributed by atoms with Crippen molar-refractivity contribution < 1.29 is 0 Å². The first-order valence-electron chi connectivity index (χ1n) is 6.77. The summed E-state index contributed by atoms with van der Waals surface area (Å²) < 4.78 is 0. The Morgan fingerprint density at radius 3 is 2.58 bits per heavy atom. The van der Waals surface area contributed by atoms with Gasteiger partial charge in [0.15, 0.2) is 0 Å². The molecule has 2 N–H and O–H groups in total. The second kappa shape index (κ2) is 5.61. The summed E-state index contributed by atoms with van der Waals surface area (Å²) in [5.74, 6) is 0. The number of hydrogen-bond acceptors (Lipinski definition) is 1. The first-order chi connectivity index (χ1) is 9.43. The van der Waals surface area contributed by atoms with Crippen LogP contribution in [-0.2, 0) is 6.42 Å². The Kier molecular flexibility index (Phi) is 3.50. The Hall–Kier alpha value is -2.22. The number of benzene rings is 2. The van der Waals surface area contributed by atoms with Gasteiger partial charge in [0.1, 0.15) is 0 Å². The van der Waals surface area contributed by atoms with E-state index in [-0.39, 0.29) is 0 Å². The van der Waals surface area contributed by atoms with Gasteiger partial charge in [-0.3, -0.25) is 0 Å². The van der Waals surface area contributed by atoms with Gasteiger partial charge in [0.2, 0.25) is 0 Å². The van der Waals surface area contributed by atoms with E-state index in [0.29, 0.717) is 0 Å². The quantitative estimate of drug-likeness (QED) is 0.614. The maximum absolute atomic E-state index is 3.36. The van der Waals surface area contributed by atoms with Gasteiger partial charge in [0.25, 0.3) is 0 Å². The molecule has 1 aromatic heterocycles. The van der Waals surface area contributed by atoms with Gasteiger partial charge in [-0.2, -0.15) is 0 Å². The van der Waals surface area contributed by atoms with Crippen LogP contribution in [0.15, 0.2) is 60.8 Å². The number of H-pyrrole nitrogens is 1. The van der Waals surface area contributed by atoms with Crippen molar-refractivity contribution in [1.29, 1.82) is 0 Å². The summed E-state index contributed by atoms with van der Waals surface area (Å²) in [5, 5.41) is 4.64. The minimum atomic E-state index is 1.14. The molecule has 0 atom stereocenters. The van der Waals surface area contributed by atoms with E-state index in [0.717, 1.165) is 6.54 Å². The lowest BCUT2D eigenvalue weighted by Crippen LogP contribution is -2.10. The topological polar surface area (TPSA) is 27.8 Å². The maximum atomic E-state index is 3.36. The van der Waals surface area contributed by atoms with Crippen molar-refractivity contribution in [3.63, 3.8) is 0 Å². The first kappa shape index (κ1) is 11.8. The van der Waals surface area contributed by atoms with Gasteiger partial charge in [-0.05, 0) is 42.0 Å². The molecule has 19 heavy (non-hydrogen) atoms. The average Bonchev–Trinajstić information content (AvgIpc) is 2.96. The molecule has 0 bridgehead atoms. The number of nitrogens with one attached hydrogen (secondary N) is 2. The Balaban J connectivity index is 0.000000117. The highest BCUT2D eigenvalue weighted by molar-refractivity contribution is 5.78. The Morgan fingerprint density at radius 2 is 1.68 bits per heavy atom. The lowest BCUT2D eigenvalue weighted by Gasteiger charge is -2.16. The van der Waals surface area contributed by atoms with Crippen LogP contribution < -0.4 is 5.32 Å². The lowest BCUT2D eigenvalue weighted by atomic mass is 10.0. The van der Waals surface area contributed by atoms with Crippen LogP contribution in [0.2, 0.25) is 0 Å². The van der Waals surface area contributed by atoms with Gasteiger partial charge in [0.05, 0.1) is 0 Å². The molecule has 0 saturated carbocycles. The van der Waals surface area contributed by atoms with Gasteiger partial charge in [-0.1, -0.05) is 36.4 Å². The normalized spacial score (nSPS) is 13.1. The van der Waals surface area contributed by atoms with Gasteiger partial charge in [-0.25, -0.2) is 0 Å². The minimum absolute atomic E-state index is 1.14. The zero-order valence-electron chi connectivity index (χ0n) is 10.9. The van der Waals surface area contributed by atoms with E-state index >= 15 is 0 Å². The molecule has 2 nitrogen and oxygen atoms in total. The molecule has 0 aliphatic carbocycles. The Bertz CT molecular complexity index is 600. The van der Waals surface area contributed by atoms with Crippen LogP contribution in [0.1, 0.15) is 12.0 Å². The van der Waals surface area contributed by atoms with Crippen molar-refractivity contribution in [2.24, 2.45) is 0 Å². The minimum Gasteiger partial charge on any atom is -0.385 e. The molecular formula is C17H18N2. The third-order valence-electron chi connectivity index (χ3n) is 3.42. The Morgan fingerprint density at radius 1 is 0.842 bits per heavy atom. The molecule has 2 heterocycles. The van der Waals surface area contributed by atoms with E-state index in [1.165, 1.54) is 35.0 Å². The summed E-state index contributed by atoms with van der Waals surface area (Å²) in [5.41, 5.74) is 4.00. The fraction of sp³-hybridized carbons (Fsp3) is 0.176. The van der Waals surface area contributed by atoms with Crippen molar-refractivity contribution in [3.05, 3.63) is 66.4 Å². The highest BCUT2D eigenvalue weighted by Gasteiger charge is 2.04. The zero-order chi connectivity index (χ0) is 12.9. The summed E-state index contributed by atoms with van der Waals surface area (Å²) in [6, 6.07) is 18.8. The molecule has 0 unspecified atom stereocenters. The second-order valence-corrected chi connectivity index (χ2v) is 4.75. The number of aromatic amines is 1. The van der Waals surface area contributed by atoms with E-state index in [1.54, 1.807) is 0 Å². The molecule has 0 spiro atoms. The molecule has 0 saturated heterocycles. The maximum Gasteiger partial charge on any atom is 0.0453 e. The third-order valence-corrected chi connectivity index (χ3v) is 3.42. The number of fused-ring (bicyclic) bond motifs is 2. The van der Waals surface area contributed by atoms with Crippen LogP contribution in [-0.4, -0.2) is 11.5 Å². The molecule has 96 valence electrons. The van der Waals surface area contributed by atoms with E-state index in [9.17, 15) is 0 Å². The van der Waals surface area contributed by atoms with E-state index in [4.69, 9.17) is 0 Å². The molecule has 0 radical (unpaired) electrons. The number of para-hydroxylation sites is 2. The predicted molar refractivity (Wildman–Crippen MR) is 81.6 cm³/mol. The summed E-state index contributed by atoms with van der Waals surface area (Å²) in [6.45, 7) is 1.14. The van der Waals surface area contributed by atoms with Gasteiger partial charge in [0, 0.05) is 23.9 Å². The van der Waals surface area contributed by atoms with Crippen LogP contribution in [0.4, 0.5) is 5.69 Å². The number of hydrogen-bond donors (Lipinski definition) is 2. The van der Waals surface area contributed by atoms with Crippen molar-refractivity contribution in [1.82, 2.24) is 4.98 Å². The summed E-state index contributed by atoms with van der Waals surface area (Å²) >= 11 is 0. The van der Waals surface area contributed by atoms with Crippen LogP contribution in [0.3, 0.4) is 0 Å². The molecule has 4 rings (SSSR count). The number of aromatic nitrogens is 1. The fourth-order valence-electron chi connectivity index (χ4n) is 2.41. The fourth-order valence-corrected chi connectivity index (χ4v) is 2.41. The summed E-state index contributed by atoms with van der Waals surface area (Å²) in [7, 11) is 0. The highest BCUT2D eigenvalue weighted by Crippen LogP contribution is 2.20. The van der Waals surface area contributed by atoms with Crippen molar-refractivity contribution >= 4 is 16.6 Å². The molecule has 1 aliphatic rings. The monoisotopic (exact) mass is 250 g/mol. The summed E-state index contributed by atoms with van der Waals surface area (Å²) in [4.78, 5) is 3.12. The molecule has 0 fully saturated rings.